The molecule has 0 saturated heterocycles. The van der Waals surface area contributed by atoms with Crippen molar-refractivity contribution in [3.63, 3.8) is 0 Å². The number of benzene rings is 1. The topological polar surface area (TPSA) is 49.3 Å². The summed E-state index contributed by atoms with van der Waals surface area (Å²) < 4.78 is 12.9. The van der Waals surface area contributed by atoms with Crippen LogP contribution in [0.1, 0.15) is 6.42 Å². The van der Waals surface area contributed by atoms with Gasteiger partial charge in [-0.2, -0.15) is 0 Å². The van der Waals surface area contributed by atoms with Crippen molar-refractivity contribution >= 4 is 23.3 Å². The van der Waals surface area contributed by atoms with E-state index in [1.807, 2.05) is 0 Å². The zero-order valence-corrected chi connectivity index (χ0v) is 8.01. The van der Waals surface area contributed by atoms with Crippen molar-refractivity contribution in [1.82, 2.24) is 0 Å². The van der Waals surface area contributed by atoms with Crippen molar-refractivity contribution in [3.05, 3.63) is 29.0 Å². The van der Waals surface area contributed by atoms with E-state index in [1.54, 1.807) is 6.07 Å². The van der Waals surface area contributed by atoms with E-state index in [1.165, 1.54) is 12.1 Å². The second kappa shape index (κ2) is 4.81. The Morgan fingerprint density at radius 3 is 2.86 bits per heavy atom. The van der Waals surface area contributed by atoms with Crippen LogP contribution in [-0.4, -0.2) is 17.6 Å². The molecule has 0 aliphatic carbocycles. The van der Waals surface area contributed by atoms with Gasteiger partial charge in [-0.1, -0.05) is 11.6 Å². The van der Waals surface area contributed by atoms with E-state index in [0.29, 0.717) is 5.69 Å². The molecule has 0 aliphatic rings. The maximum atomic E-state index is 12.9. The molecule has 0 fully saturated rings. The molecule has 0 bridgehead atoms. The molecule has 1 aromatic carbocycles. The van der Waals surface area contributed by atoms with Gasteiger partial charge >= 0.3 is 5.97 Å². The minimum atomic E-state index is -0.896. The Labute approximate surface area is 85.5 Å². The average molecular weight is 218 g/mol. The first-order chi connectivity index (χ1) is 6.59. The molecule has 0 unspecified atom stereocenters. The van der Waals surface area contributed by atoms with Crippen LogP contribution in [0.25, 0.3) is 0 Å². The van der Waals surface area contributed by atoms with Gasteiger partial charge in [0.15, 0.2) is 0 Å². The molecule has 0 radical (unpaired) electrons. The van der Waals surface area contributed by atoms with Crippen LogP contribution in [0.3, 0.4) is 0 Å². The fourth-order valence-corrected chi connectivity index (χ4v) is 1.04. The highest BCUT2D eigenvalue weighted by Gasteiger charge is 2.01. The van der Waals surface area contributed by atoms with Crippen LogP contribution in [0.15, 0.2) is 18.2 Å². The number of carboxylic acid groups (broad SMARTS) is 1. The third kappa shape index (κ3) is 3.22. The van der Waals surface area contributed by atoms with Gasteiger partial charge in [0.2, 0.25) is 0 Å². The maximum Gasteiger partial charge on any atom is 0.305 e. The van der Waals surface area contributed by atoms with E-state index >= 15 is 0 Å². The Morgan fingerprint density at radius 2 is 2.29 bits per heavy atom. The predicted molar refractivity (Wildman–Crippen MR) is 52.2 cm³/mol. The van der Waals surface area contributed by atoms with Gasteiger partial charge in [0, 0.05) is 12.2 Å². The first-order valence-corrected chi connectivity index (χ1v) is 4.38. The van der Waals surface area contributed by atoms with Crippen molar-refractivity contribution in [2.24, 2.45) is 0 Å². The number of carboxylic acids is 1. The van der Waals surface area contributed by atoms with Crippen molar-refractivity contribution < 1.29 is 14.3 Å². The molecule has 5 heteroatoms. The summed E-state index contributed by atoms with van der Waals surface area (Å²) in [4.78, 5) is 10.2. The van der Waals surface area contributed by atoms with Gasteiger partial charge in [0.25, 0.3) is 0 Å². The Bertz CT molecular complexity index is 344. The number of anilines is 1. The smallest absolute Gasteiger partial charge is 0.305 e. The molecule has 3 nitrogen and oxygen atoms in total. The molecule has 0 amide bonds. The first kappa shape index (κ1) is 10.8. The molecule has 0 spiro atoms. The highest BCUT2D eigenvalue weighted by atomic mass is 35.5. The molecule has 0 aliphatic heterocycles. The quantitative estimate of drug-likeness (QED) is 0.814. The normalized spacial score (nSPS) is 9.86. The van der Waals surface area contributed by atoms with Crippen molar-refractivity contribution in [2.45, 2.75) is 6.42 Å². The van der Waals surface area contributed by atoms with Gasteiger partial charge in [-0.15, -0.1) is 0 Å². The van der Waals surface area contributed by atoms with Crippen LogP contribution < -0.4 is 5.32 Å². The van der Waals surface area contributed by atoms with E-state index in [9.17, 15) is 9.18 Å². The second-order valence-corrected chi connectivity index (χ2v) is 3.11. The zero-order valence-electron chi connectivity index (χ0n) is 7.26. The van der Waals surface area contributed by atoms with Crippen LogP contribution in [0, 0.1) is 5.82 Å². The molecule has 0 aromatic heterocycles. The SMILES string of the molecule is O=C(O)CCNc1ccc(Cl)c(F)c1. The lowest BCUT2D eigenvalue weighted by Crippen LogP contribution is -2.07. The summed E-state index contributed by atoms with van der Waals surface area (Å²) in [5.41, 5.74) is 0.521. The molecule has 2 N–H and O–H groups in total. The van der Waals surface area contributed by atoms with Crippen LogP contribution in [0.2, 0.25) is 5.02 Å². The summed E-state index contributed by atoms with van der Waals surface area (Å²) in [6, 6.07) is 4.23. The van der Waals surface area contributed by atoms with Crippen molar-refractivity contribution in [1.29, 1.82) is 0 Å². The van der Waals surface area contributed by atoms with Crippen molar-refractivity contribution in [3.8, 4) is 0 Å². The summed E-state index contributed by atoms with van der Waals surface area (Å²) >= 11 is 5.47. The first-order valence-electron chi connectivity index (χ1n) is 4.00. The van der Waals surface area contributed by atoms with Gasteiger partial charge < -0.3 is 10.4 Å². The van der Waals surface area contributed by atoms with Crippen LogP contribution in [0.5, 0.6) is 0 Å². The lowest BCUT2D eigenvalue weighted by molar-refractivity contribution is -0.136. The lowest BCUT2D eigenvalue weighted by atomic mass is 10.3. The number of halogens is 2. The number of hydrogen-bond donors (Lipinski definition) is 2. The molecule has 1 aromatic rings. The lowest BCUT2D eigenvalue weighted by Gasteiger charge is -2.04. The monoisotopic (exact) mass is 217 g/mol. The molecule has 0 atom stereocenters. The Hall–Kier alpha value is -1.29. The number of aliphatic carboxylic acids is 1. The Balaban J connectivity index is 2.51. The maximum absolute atomic E-state index is 12.9. The summed E-state index contributed by atoms with van der Waals surface area (Å²) in [5, 5.41) is 11.2. The molecule has 1 rings (SSSR count). The number of carbonyl (C=O) groups is 1. The molecular weight excluding hydrogens is 209 g/mol. The van der Waals surface area contributed by atoms with Gasteiger partial charge in [0.05, 0.1) is 11.4 Å². The van der Waals surface area contributed by atoms with E-state index in [0.717, 1.165) is 0 Å². The fourth-order valence-electron chi connectivity index (χ4n) is 0.920. The summed E-state index contributed by atoms with van der Waals surface area (Å²) in [5.74, 6) is -1.42. The minimum Gasteiger partial charge on any atom is -0.481 e. The van der Waals surface area contributed by atoms with Gasteiger partial charge in [0.1, 0.15) is 5.82 Å². The second-order valence-electron chi connectivity index (χ2n) is 2.70. The minimum absolute atomic E-state index is 0.00968. The third-order valence-corrected chi connectivity index (χ3v) is 1.89. The summed E-state index contributed by atoms with van der Waals surface area (Å²) in [7, 11) is 0. The summed E-state index contributed by atoms with van der Waals surface area (Å²) in [6.07, 6.45) is -0.00968. The van der Waals surface area contributed by atoms with E-state index in [4.69, 9.17) is 16.7 Å². The fraction of sp³-hybridized carbons (Fsp3) is 0.222. The van der Waals surface area contributed by atoms with Crippen LogP contribution >= 0.6 is 11.6 Å². The molecule has 76 valence electrons. The molecule has 14 heavy (non-hydrogen) atoms. The van der Waals surface area contributed by atoms with E-state index < -0.39 is 11.8 Å². The standard InChI is InChI=1S/C9H9ClFNO2/c10-7-2-1-6(5-8(7)11)12-4-3-9(13)14/h1-2,5,12H,3-4H2,(H,13,14). The number of rotatable bonds is 4. The molecule has 0 saturated carbocycles. The van der Waals surface area contributed by atoms with Gasteiger partial charge in [-0.3, -0.25) is 4.79 Å². The average Bonchev–Trinajstić information content (AvgIpc) is 2.10. The number of hydrogen-bond acceptors (Lipinski definition) is 2. The molecule has 0 heterocycles. The molecular formula is C9H9ClFNO2. The highest BCUT2D eigenvalue weighted by Crippen LogP contribution is 2.18. The zero-order chi connectivity index (χ0) is 10.6. The van der Waals surface area contributed by atoms with E-state index in [-0.39, 0.29) is 18.0 Å². The Morgan fingerprint density at radius 1 is 1.57 bits per heavy atom. The van der Waals surface area contributed by atoms with Crippen LogP contribution in [-0.2, 0) is 4.79 Å². The number of nitrogens with one attached hydrogen (secondary N) is 1. The highest BCUT2D eigenvalue weighted by molar-refractivity contribution is 6.30. The third-order valence-electron chi connectivity index (χ3n) is 1.59. The Kier molecular flexibility index (Phi) is 3.71. The van der Waals surface area contributed by atoms with E-state index in [2.05, 4.69) is 5.32 Å². The van der Waals surface area contributed by atoms with Crippen molar-refractivity contribution in [2.75, 3.05) is 11.9 Å². The van der Waals surface area contributed by atoms with Crippen LogP contribution in [0.4, 0.5) is 10.1 Å². The largest absolute Gasteiger partial charge is 0.481 e. The van der Waals surface area contributed by atoms with Gasteiger partial charge in [-0.25, -0.2) is 4.39 Å². The summed E-state index contributed by atoms with van der Waals surface area (Å²) in [6.45, 7) is 0.260. The predicted octanol–water partition coefficient (Wildman–Crippen LogP) is 2.37. The van der Waals surface area contributed by atoms with Gasteiger partial charge in [-0.05, 0) is 18.2 Å².